The van der Waals surface area contributed by atoms with E-state index in [0.29, 0.717) is 29.4 Å². The molecule has 2 aromatic carbocycles. The fraction of sp³-hybridized carbons (Fsp3) is 0.263. The van der Waals surface area contributed by atoms with Gasteiger partial charge in [-0.15, -0.1) is 0 Å². The zero-order valence-corrected chi connectivity index (χ0v) is 14.9. The van der Waals surface area contributed by atoms with Crippen molar-refractivity contribution >= 4 is 28.9 Å². The van der Waals surface area contributed by atoms with Crippen LogP contribution in [0.5, 0.6) is 5.75 Å². The summed E-state index contributed by atoms with van der Waals surface area (Å²) in [7, 11) is 0. The third kappa shape index (κ3) is 4.26. The van der Waals surface area contributed by atoms with Gasteiger partial charge in [-0.3, -0.25) is 9.69 Å². The number of carbonyl (C=O) groups excluding carboxylic acids is 1. The molecule has 2 aromatic rings. The lowest BCUT2D eigenvalue weighted by atomic mass is 10.2. The first-order valence-electron chi connectivity index (χ1n) is 8.31. The van der Waals surface area contributed by atoms with E-state index in [0.717, 1.165) is 18.8 Å². The fourth-order valence-corrected chi connectivity index (χ4v) is 3.16. The lowest BCUT2D eigenvalue weighted by Crippen LogP contribution is -2.48. The molecule has 0 saturated carbocycles. The SMILES string of the molecule is N#Cc1ccc(Cl)cc1NC(=O)CN1CCN(c2ccccc2O)CC1. The Morgan fingerprint density at radius 3 is 2.62 bits per heavy atom. The van der Waals surface area contributed by atoms with Crippen LogP contribution in [-0.4, -0.2) is 48.6 Å². The second-order valence-corrected chi connectivity index (χ2v) is 6.54. The van der Waals surface area contributed by atoms with Gasteiger partial charge in [-0.1, -0.05) is 23.7 Å². The van der Waals surface area contributed by atoms with Crippen LogP contribution in [-0.2, 0) is 4.79 Å². The molecule has 1 aliphatic rings. The number of para-hydroxylation sites is 2. The Balaban J connectivity index is 1.55. The first-order chi connectivity index (χ1) is 12.6. The van der Waals surface area contributed by atoms with E-state index >= 15 is 0 Å². The number of halogens is 1. The largest absolute Gasteiger partial charge is 0.506 e. The monoisotopic (exact) mass is 370 g/mol. The van der Waals surface area contributed by atoms with Gasteiger partial charge in [-0.2, -0.15) is 5.26 Å². The Morgan fingerprint density at radius 1 is 1.19 bits per heavy atom. The van der Waals surface area contributed by atoms with Crippen molar-refractivity contribution < 1.29 is 9.90 Å². The van der Waals surface area contributed by atoms with Crippen LogP contribution in [0.4, 0.5) is 11.4 Å². The number of phenols is 1. The minimum absolute atomic E-state index is 0.181. The van der Waals surface area contributed by atoms with E-state index in [1.807, 2.05) is 23.1 Å². The molecule has 6 nitrogen and oxygen atoms in total. The zero-order chi connectivity index (χ0) is 18.5. The minimum atomic E-state index is -0.181. The first kappa shape index (κ1) is 18.1. The fourth-order valence-electron chi connectivity index (χ4n) is 2.99. The Morgan fingerprint density at radius 2 is 1.92 bits per heavy atom. The van der Waals surface area contributed by atoms with Gasteiger partial charge in [0.15, 0.2) is 0 Å². The summed E-state index contributed by atoms with van der Waals surface area (Å²) in [5.41, 5.74) is 1.62. The van der Waals surface area contributed by atoms with Crippen molar-refractivity contribution in [3.63, 3.8) is 0 Å². The molecule has 0 bridgehead atoms. The summed E-state index contributed by atoms with van der Waals surface area (Å²) in [5.74, 6) is 0.0865. The number of nitrogens with one attached hydrogen (secondary N) is 1. The van der Waals surface area contributed by atoms with Crippen molar-refractivity contribution in [2.45, 2.75) is 0 Å². The topological polar surface area (TPSA) is 79.6 Å². The van der Waals surface area contributed by atoms with Crippen molar-refractivity contribution in [3.05, 3.63) is 53.1 Å². The number of nitrogens with zero attached hydrogens (tertiary/aromatic N) is 3. The Labute approximate surface area is 157 Å². The highest BCUT2D eigenvalue weighted by Crippen LogP contribution is 2.27. The molecule has 0 aromatic heterocycles. The van der Waals surface area contributed by atoms with Gasteiger partial charge in [0.25, 0.3) is 0 Å². The van der Waals surface area contributed by atoms with Crippen LogP contribution < -0.4 is 10.2 Å². The van der Waals surface area contributed by atoms with Crippen LogP contribution in [0.15, 0.2) is 42.5 Å². The summed E-state index contributed by atoms with van der Waals surface area (Å²) >= 11 is 5.94. The predicted octanol–water partition coefficient (Wildman–Crippen LogP) is 2.68. The minimum Gasteiger partial charge on any atom is -0.506 e. The summed E-state index contributed by atoms with van der Waals surface area (Å²) in [6.07, 6.45) is 0. The lowest BCUT2D eigenvalue weighted by Gasteiger charge is -2.35. The van der Waals surface area contributed by atoms with Crippen LogP contribution in [0.2, 0.25) is 5.02 Å². The summed E-state index contributed by atoms with van der Waals surface area (Å²) in [6, 6.07) is 14.1. The molecular formula is C19H19ClN4O2. The van der Waals surface area contributed by atoms with Crippen molar-refractivity contribution in [1.29, 1.82) is 5.26 Å². The van der Waals surface area contributed by atoms with Gasteiger partial charge in [-0.05, 0) is 30.3 Å². The number of rotatable bonds is 4. The molecule has 7 heteroatoms. The molecule has 0 radical (unpaired) electrons. The highest BCUT2D eigenvalue weighted by Gasteiger charge is 2.21. The standard InChI is InChI=1S/C19H19ClN4O2/c20-15-6-5-14(12-21)16(11-15)22-19(26)13-23-7-9-24(10-8-23)17-3-1-2-4-18(17)25/h1-6,11,25H,7-10,13H2,(H,22,26). The number of nitriles is 1. The number of piperazine rings is 1. The molecule has 1 aliphatic heterocycles. The van der Waals surface area contributed by atoms with Gasteiger partial charge in [-0.25, -0.2) is 0 Å². The Bertz CT molecular complexity index is 842. The first-order valence-corrected chi connectivity index (χ1v) is 8.69. The number of amides is 1. The second kappa shape index (κ2) is 8.09. The molecular weight excluding hydrogens is 352 g/mol. The quantitative estimate of drug-likeness (QED) is 0.865. The average Bonchev–Trinajstić information content (AvgIpc) is 2.63. The predicted molar refractivity (Wildman–Crippen MR) is 102 cm³/mol. The third-order valence-corrected chi connectivity index (χ3v) is 4.57. The van der Waals surface area contributed by atoms with Gasteiger partial charge >= 0.3 is 0 Å². The number of carbonyl (C=O) groups is 1. The number of phenolic OH excluding ortho intramolecular Hbond substituents is 1. The molecule has 0 unspecified atom stereocenters. The van der Waals surface area contributed by atoms with Crippen LogP contribution in [0.1, 0.15) is 5.56 Å². The van der Waals surface area contributed by atoms with Crippen molar-refractivity contribution in [3.8, 4) is 11.8 Å². The van der Waals surface area contributed by atoms with Crippen molar-refractivity contribution in [2.75, 3.05) is 42.9 Å². The lowest BCUT2D eigenvalue weighted by molar-refractivity contribution is -0.117. The molecule has 2 N–H and O–H groups in total. The van der Waals surface area contributed by atoms with Crippen LogP contribution in [0.3, 0.4) is 0 Å². The molecule has 0 aliphatic carbocycles. The van der Waals surface area contributed by atoms with E-state index in [-0.39, 0.29) is 18.2 Å². The molecule has 1 fully saturated rings. The normalized spacial score (nSPS) is 14.7. The molecule has 0 atom stereocenters. The molecule has 134 valence electrons. The average molecular weight is 371 g/mol. The molecule has 26 heavy (non-hydrogen) atoms. The van der Waals surface area contributed by atoms with Crippen molar-refractivity contribution in [2.24, 2.45) is 0 Å². The summed E-state index contributed by atoms with van der Waals surface area (Å²) in [5, 5.41) is 22.3. The third-order valence-electron chi connectivity index (χ3n) is 4.34. The van der Waals surface area contributed by atoms with E-state index < -0.39 is 0 Å². The maximum atomic E-state index is 12.3. The van der Waals surface area contributed by atoms with Gasteiger partial charge in [0.05, 0.1) is 23.5 Å². The number of aromatic hydroxyl groups is 1. The Kier molecular flexibility index (Phi) is 5.61. The van der Waals surface area contributed by atoms with Crippen molar-refractivity contribution in [1.82, 2.24) is 4.90 Å². The molecule has 1 saturated heterocycles. The van der Waals surface area contributed by atoms with Gasteiger partial charge in [0.1, 0.15) is 11.8 Å². The summed E-state index contributed by atoms with van der Waals surface area (Å²) in [4.78, 5) is 16.5. The van der Waals surface area contributed by atoms with Crippen LogP contribution in [0.25, 0.3) is 0 Å². The van der Waals surface area contributed by atoms with E-state index in [1.165, 1.54) is 0 Å². The summed E-state index contributed by atoms with van der Waals surface area (Å²) < 4.78 is 0. The number of hydrogen-bond acceptors (Lipinski definition) is 5. The summed E-state index contributed by atoms with van der Waals surface area (Å²) in [6.45, 7) is 3.12. The number of hydrogen-bond donors (Lipinski definition) is 2. The van der Waals surface area contributed by atoms with Crippen LogP contribution in [0, 0.1) is 11.3 Å². The van der Waals surface area contributed by atoms with E-state index in [4.69, 9.17) is 16.9 Å². The van der Waals surface area contributed by atoms with Crippen LogP contribution >= 0.6 is 11.6 Å². The zero-order valence-electron chi connectivity index (χ0n) is 14.2. The van der Waals surface area contributed by atoms with E-state index in [1.54, 1.807) is 30.3 Å². The van der Waals surface area contributed by atoms with E-state index in [2.05, 4.69) is 10.2 Å². The Hall–Kier alpha value is -2.75. The maximum Gasteiger partial charge on any atom is 0.238 e. The number of anilines is 2. The number of benzene rings is 2. The second-order valence-electron chi connectivity index (χ2n) is 6.10. The van der Waals surface area contributed by atoms with Gasteiger partial charge < -0.3 is 15.3 Å². The maximum absolute atomic E-state index is 12.3. The highest BCUT2D eigenvalue weighted by atomic mass is 35.5. The molecule has 1 heterocycles. The highest BCUT2D eigenvalue weighted by molar-refractivity contribution is 6.31. The van der Waals surface area contributed by atoms with E-state index in [9.17, 15) is 9.90 Å². The molecule has 0 spiro atoms. The molecule has 1 amide bonds. The molecule has 3 rings (SSSR count). The van der Waals surface area contributed by atoms with Gasteiger partial charge in [0.2, 0.25) is 5.91 Å². The smallest absolute Gasteiger partial charge is 0.238 e. The van der Waals surface area contributed by atoms with Gasteiger partial charge in [0, 0.05) is 31.2 Å².